The molecule has 0 radical (unpaired) electrons. The summed E-state index contributed by atoms with van der Waals surface area (Å²) >= 11 is 13.3. The van der Waals surface area contributed by atoms with Gasteiger partial charge in [0, 0.05) is 31.7 Å². The molecule has 0 atom stereocenters. The molecule has 0 saturated carbocycles. The van der Waals surface area contributed by atoms with Crippen molar-refractivity contribution in [2.75, 3.05) is 45.1 Å². The number of pyridine rings is 1. The van der Waals surface area contributed by atoms with Crippen LogP contribution in [0, 0.1) is 0 Å². The number of aromatic nitrogens is 3. The zero-order valence-corrected chi connectivity index (χ0v) is 19.9. The lowest BCUT2D eigenvalue weighted by Gasteiger charge is -2.39. The number of nitrogens with zero attached hydrogens (tertiary/aromatic N) is 4. The van der Waals surface area contributed by atoms with E-state index in [9.17, 15) is 0 Å². The van der Waals surface area contributed by atoms with Gasteiger partial charge in [-0.1, -0.05) is 23.2 Å². The number of methoxy groups -OCH3 is 3. The average molecular weight is 478 g/mol. The van der Waals surface area contributed by atoms with E-state index in [2.05, 4.69) is 16.8 Å². The number of fused-ring (bicyclic) bond motifs is 1. The normalized spacial score (nSPS) is 15.8. The summed E-state index contributed by atoms with van der Waals surface area (Å²) in [6, 6.07) is 3.42. The van der Waals surface area contributed by atoms with E-state index in [0.29, 0.717) is 44.3 Å². The van der Waals surface area contributed by atoms with Gasteiger partial charge in [0.05, 0.1) is 47.1 Å². The Bertz CT molecular complexity index is 1140. The van der Waals surface area contributed by atoms with Gasteiger partial charge in [-0.25, -0.2) is 15.0 Å². The molecule has 8 nitrogen and oxygen atoms in total. The molecule has 170 valence electrons. The van der Waals surface area contributed by atoms with E-state index in [1.54, 1.807) is 25.4 Å². The smallest absolute Gasteiger partial charge is 0.165 e. The van der Waals surface area contributed by atoms with Gasteiger partial charge in [-0.2, -0.15) is 0 Å². The lowest BCUT2D eigenvalue weighted by atomic mass is 9.93. The number of hydrogen-bond acceptors (Lipinski definition) is 8. The molecule has 1 aliphatic heterocycles. The van der Waals surface area contributed by atoms with Crippen LogP contribution < -0.4 is 20.1 Å². The zero-order valence-electron chi connectivity index (χ0n) is 18.4. The average Bonchev–Trinajstić information content (AvgIpc) is 2.79. The minimum absolute atomic E-state index is 0.157. The van der Waals surface area contributed by atoms with Crippen LogP contribution in [0.3, 0.4) is 0 Å². The van der Waals surface area contributed by atoms with Gasteiger partial charge >= 0.3 is 0 Å². The third-order valence-electron chi connectivity index (χ3n) is 5.99. The number of nitrogen functional groups attached to an aromatic ring is 1. The van der Waals surface area contributed by atoms with Crippen molar-refractivity contribution in [3.63, 3.8) is 0 Å². The number of halogens is 2. The fraction of sp³-hybridized carbons (Fsp3) is 0.409. The van der Waals surface area contributed by atoms with E-state index in [-0.39, 0.29) is 5.60 Å². The summed E-state index contributed by atoms with van der Waals surface area (Å²) < 4.78 is 16.5. The minimum atomic E-state index is -0.157. The molecule has 0 amide bonds. The van der Waals surface area contributed by atoms with Crippen molar-refractivity contribution in [2.24, 2.45) is 0 Å². The standard InChI is InChI=1S/C22H25Cl2N5O3/c1-22(32-4)5-7-29(8-6-22)21-12-9-16(25)26-11-13(12)27-20(28-21)17-18(23)14(30-2)10-15(31-3)19(17)24/h9-11H,5-8H2,1-4H3,(H2,25,26). The zero-order chi connectivity index (χ0) is 23.0. The Balaban J connectivity index is 1.91. The second-order valence-electron chi connectivity index (χ2n) is 7.92. The predicted octanol–water partition coefficient (Wildman–Crippen LogP) is 4.60. The number of benzene rings is 1. The molecule has 1 aromatic carbocycles. The van der Waals surface area contributed by atoms with Crippen molar-refractivity contribution in [2.45, 2.75) is 25.4 Å². The maximum Gasteiger partial charge on any atom is 0.165 e. The predicted molar refractivity (Wildman–Crippen MR) is 127 cm³/mol. The monoisotopic (exact) mass is 477 g/mol. The molecule has 10 heteroatoms. The topological polar surface area (TPSA) is 95.6 Å². The van der Waals surface area contributed by atoms with Crippen molar-refractivity contribution in [1.82, 2.24) is 15.0 Å². The van der Waals surface area contributed by atoms with Crippen LogP contribution in [0.4, 0.5) is 11.6 Å². The summed E-state index contributed by atoms with van der Waals surface area (Å²) in [7, 11) is 4.80. The van der Waals surface area contributed by atoms with Crippen molar-refractivity contribution in [1.29, 1.82) is 0 Å². The molecular formula is C22H25Cl2N5O3. The first-order valence-electron chi connectivity index (χ1n) is 10.1. The van der Waals surface area contributed by atoms with Crippen LogP contribution in [0.5, 0.6) is 11.5 Å². The molecule has 0 bridgehead atoms. The summed E-state index contributed by atoms with van der Waals surface area (Å²) in [5, 5.41) is 1.42. The molecule has 0 aliphatic carbocycles. The van der Waals surface area contributed by atoms with Crippen molar-refractivity contribution < 1.29 is 14.2 Å². The highest BCUT2D eigenvalue weighted by molar-refractivity contribution is 6.41. The molecule has 32 heavy (non-hydrogen) atoms. The molecule has 2 aromatic heterocycles. The van der Waals surface area contributed by atoms with Gasteiger partial charge in [0.25, 0.3) is 0 Å². The summed E-state index contributed by atoms with van der Waals surface area (Å²) in [5.41, 5.74) is 6.89. The lowest BCUT2D eigenvalue weighted by Crippen LogP contribution is -2.44. The molecule has 0 unspecified atom stereocenters. The number of nitrogens with two attached hydrogens (primary N) is 1. The summed E-state index contributed by atoms with van der Waals surface area (Å²) in [5.74, 6) is 2.32. The highest BCUT2D eigenvalue weighted by atomic mass is 35.5. The van der Waals surface area contributed by atoms with E-state index in [1.165, 1.54) is 14.2 Å². The Kier molecular flexibility index (Phi) is 6.20. The SMILES string of the molecule is COc1cc(OC)c(Cl)c(-c2nc(N3CCC(C)(OC)CC3)c3cc(N)ncc3n2)c1Cl. The fourth-order valence-electron chi connectivity index (χ4n) is 3.86. The first-order valence-corrected chi connectivity index (χ1v) is 10.9. The Labute approximate surface area is 196 Å². The van der Waals surface area contributed by atoms with Crippen LogP contribution in [0.2, 0.25) is 10.0 Å². The van der Waals surface area contributed by atoms with Crippen LogP contribution in [-0.2, 0) is 4.74 Å². The quantitative estimate of drug-likeness (QED) is 0.569. The molecular weight excluding hydrogens is 453 g/mol. The highest BCUT2D eigenvalue weighted by Gasteiger charge is 2.31. The molecule has 3 heterocycles. The Morgan fingerprint density at radius 1 is 1.00 bits per heavy atom. The van der Waals surface area contributed by atoms with E-state index >= 15 is 0 Å². The van der Waals surface area contributed by atoms with Gasteiger partial charge in [0.1, 0.15) is 23.1 Å². The van der Waals surface area contributed by atoms with Gasteiger partial charge in [0.2, 0.25) is 0 Å². The Morgan fingerprint density at radius 2 is 1.62 bits per heavy atom. The van der Waals surface area contributed by atoms with Crippen LogP contribution in [0.1, 0.15) is 19.8 Å². The van der Waals surface area contributed by atoms with Gasteiger partial charge in [-0.15, -0.1) is 0 Å². The van der Waals surface area contributed by atoms with Crippen molar-refractivity contribution >= 4 is 45.7 Å². The minimum Gasteiger partial charge on any atom is -0.495 e. The van der Waals surface area contributed by atoms with E-state index < -0.39 is 0 Å². The van der Waals surface area contributed by atoms with Crippen LogP contribution in [-0.4, -0.2) is 55.0 Å². The third-order valence-corrected chi connectivity index (χ3v) is 6.74. The second kappa shape index (κ2) is 8.77. The molecule has 4 rings (SSSR count). The lowest BCUT2D eigenvalue weighted by molar-refractivity contribution is -0.0133. The van der Waals surface area contributed by atoms with E-state index in [4.69, 9.17) is 53.1 Å². The largest absolute Gasteiger partial charge is 0.495 e. The third kappa shape index (κ3) is 3.98. The van der Waals surface area contributed by atoms with Gasteiger partial charge in [0.15, 0.2) is 5.82 Å². The Hall–Kier alpha value is -2.55. The van der Waals surface area contributed by atoms with Crippen LogP contribution in [0.25, 0.3) is 22.3 Å². The molecule has 2 N–H and O–H groups in total. The molecule has 3 aromatic rings. The highest BCUT2D eigenvalue weighted by Crippen LogP contribution is 2.46. The second-order valence-corrected chi connectivity index (χ2v) is 8.68. The first kappa shape index (κ1) is 22.6. The summed E-state index contributed by atoms with van der Waals surface area (Å²) in [6.07, 6.45) is 3.35. The van der Waals surface area contributed by atoms with Crippen LogP contribution in [0.15, 0.2) is 18.3 Å². The van der Waals surface area contributed by atoms with Crippen molar-refractivity contribution in [3.8, 4) is 22.9 Å². The fourth-order valence-corrected chi connectivity index (χ4v) is 4.53. The molecule has 0 spiro atoms. The number of rotatable bonds is 5. The van der Waals surface area contributed by atoms with Gasteiger partial charge < -0.3 is 24.8 Å². The number of hydrogen-bond donors (Lipinski definition) is 1. The maximum atomic E-state index is 6.64. The number of ether oxygens (including phenoxy) is 3. The van der Waals surface area contributed by atoms with E-state index in [1.807, 2.05) is 0 Å². The van der Waals surface area contributed by atoms with Crippen molar-refractivity contribution in [3.05, 3.63) is 28.4 Å². The molecule has 1 aliphatic rings. The van der Waals surface area contributed by atoms with Gasteiger partial charge in [-0.05, 0) is 25.8 Å². The molecule has 1 saturated heterocycles. The number of anilines is 2. The molecule has 1 fully saturated rings. The maximum absolute atomic E-state index is 6.64. The summed E-state index contributed by atoms with van der Waals surface area (Å²) in [4.78, 5) is 16.0. The van der Waals surface area contributed by atoms with E-state index in [0.717, 1.165) is 37.1 Å². The van der Waals surface area contributed by atoms with Gasteiger partial charge in [-0.3, -0.25) is 0 Å². The Morgan fingerprint density at radius 3 is 2.19 bits per heavy atom. The summed E-state index contributed by atoms with van der Waals surface area (Å²) in [6.45, 7) is 3.65. The number of piperidine rings is 1. The van der Waals surface area contributed by atoms with Crippen LogP contribution >= 0.6 is 23.2 Å². The first-order chi connectivity index (χ1) is 15.3.